The predicted molar refractivity (Wildman–Crippen MR) is 357 cm³/mol. The molecule has 1 atom stereocenters. The molecule has 0 saturated heterocycles. The molecule has 0 rings (SSSR count). The van der Waals surface area contributed by atoms with Crippen LogP contribution < -0.4 is 0 Å². The van der Waals surface area contributed by atoms with E-state index in [2.05, 4.69) is 142 Å². The maximum absolute atomic E-state index is 12.9. The van der Waals surface area contributed by atoms with Crippen LogP contribution in [0.2, 0.25) is 0 Å². The summed E-state index contributed by atoms with van der Waals surface area (Å²) in [5.41, 5.74) is 0. The molecule has 0 radical (unpaired) electrons. The lowest BCUT2D eigenvalue weighted by Crippen LogP contribution is -2.30. The molecule has 468 valence electrons. The maximum atomic E-state index is 12.9. The number of unbranched alkanes of at least 4 members (excludes halogenated alkanes) is 31. The van der Waals surface area contributed by atoms with Crippen molar-refractivity contribution in [2.45, 2.75) is 329 Å². The first kappa shape index (κ1) is 77.8. The van der Waals surface area contributed by atoms with Gasteiger partial charge in [0.1, 0.15) is 13.2 Å². The van der Waals surface area contributed by atoms with Crippen LogP contribution in [-0.4, -0.2) is 37.2 Å². The van der Waals surface area contributed by atoms with Gasteiger partial charge in [-0.3, -0.25) is 14.4 Å². The molecule has 0 N–H and O–H groups in total. The third-order valence-corrected chi connectivity index (χ3v) is 14.7. The van der Waals surface area contributed by atoms with E-state index < -0.39 is 6.10 Å². The molecule has 0 aromatic rings. The Balaban J connectivity index is 4.35. The lowest BCUT2D eigenvalue weighted by atomic mass is 10.0. The van der Waals surface area contributed by atoms with Crippen molar-refractivity contribution in [3.05, 3.63) is 122 Å². The van der Waals surface area contributed by atoms with E-state index in [9.17, 15) is 14.4 Å². The summed E-state index contributed by atoms with van der Waals surface area (Å²) < 4.78 is 17.0. The summed E-state index contributed by atoms with van der Waals surface area (Å²) >= 11 is 0. The van der Waals surface area contributed by atoms with Crippen LogP contribution in [0.3, 0.4) is 0 Å². The summed E-state index contributed by atoms with van der Waals surface area (Å²) in [7, 11) is 0. The zero-order chi connectivity index (χ0) is 59.2. The fraction of sp³-hybridized carbons (Fsp3) is 0.697. The van der Waals surface area contributed by atoms with Crippen LogP contribution >= 0.6 is 0 Å². The summed E-state index contributed by atoms with van der Waals surface area (Å²) in [6, 6.07) is 0. The van der Waals surface area contributed by atoms with Gasteiger partial charge < -0.3 is 14.2 Å². The largest absolute Gasteiger partial charge is 0.462 e. The minimum Gasteiger partial charge on any atom is -0.462 e. The molecule has 0 amide bonds. The number of hydrogen-bond donors (Lipinski definition) is 0. The highest BCUT2D eigenvalue weighted by atomic mass is 16.6. The topological polar surface area (TPSA) is 78.9 Å². The molecule has 6 nitrogen and oxygen atoms in total. The van der Waals surface area contributed by atoms with Gasteiger partial charge in [-0.2, -0.15) is 0 Å². The van der Waals surface area contributed by atoms with Crippen molar-refractivity contribution in [3.63, 3.8) is 0 Å². The van der Waals surface area contributed by atoms with Gasteiger partial charge in [-0.15, -0.1) is 0 Å². The van der Waals surface area contributed by atoms with Crippen LogP contribution in [0.4, 0.5) is 0 Å². The summed E-state index contributed by atoms with van der Waals surface area (Å²) in [4.78, 5) is 38.4. The van der Waals surface area contributed by atoms with Crippen molar-refractivity contribution in [2.24, 2.45) is 0 Å². The number of carbonyl (C=O) groups excluding carboxylic acids is 3. The molecule has 6 heteroatoms. The highest BCUT2D eigenvalue weighted by molar-refractivity contribution is 5.71. The molecule has 0 fully saturated rings. The van der Waals surface area contributed by atoms with E-state index in [4.69, 9.17) is 14.2 Å². The van der Waals surface area contributed by atoms with Gasteiger partial charge in [0.2, 0.25) is 0 Å². The first-order valence-electron chi connectivity index (χ1n) is 34.5. The Hall–Kier alpha value is -4.19. The Morgan fingerprint density at radius 1 is 0.256 bits per heavy atom. The fourth-order valence-electron chi connectivity index (χ4n) is 9.51. The van der Waals surface area contributed by atoms with Gasteiger partial charge in [0.15, 0.2) is 6.10 Å². The highest BCUT2D eigenvalue weighted by Gasteiger charge is 2.19. The SMILES string of the molecule is CC/C=C\C/C=C\C/C=C\C/C=C\C/C=C\CCCCCCCCCCCCCCCC(=O)OCC(COC(=O)CCCCCCC/C=C\C/C=C\CCCCCC)OC(=O)CCCCCCCC/C=C\C/C=C\C/C=C\CCCCC. The van der Waals surface area contributed by atoms with Crippen molar-refractivity contribution in [3.8, 4) is 0 Å². The molecule has 82 heavy (non-hydrogen) atoms. The summed E-state index contributed by atoms with van der Waals surface area (Å²) in [5.74, 6) is -0.907. The van der Waals surface area contributed by atoms with E-state index >= 15 is 0 Å². The number of allylic oxidation sites excluding steroid dienone is 20. The molecule has 0 aromatic heterocycles. The molecular weight excluding hydrogens is 1010 g/mol. The molecule has 0 aliphatic heterocycles. The minimum atomic E-state index is -0.796. The van der Waals surface area contributed by atoms with Crippen molar-refractivity contribution in [2.75, 3.05) is 13.2 Å². The van der Waals surface area contributed by atoms with Crippen LogP contribution in [0, 0.1) is 0 Å². The molecule has 0 aliphatic carbocycles. The third-order valence-electron chi connectivity index (χ3n) is 14.7. The monoisotopic (exact) mass is 1140 g/mol. The van der Waals surface area contributed by atoms with E-state index in [-0.39, 0.29) is 31.1 Å². The lowest BCUT2D eigenvalue weighted by molar-refractivity contribution is -0.167. The Labute approximate surface area is 507 Å². The van der Waals surface area contributed by atoms with Crippen LogP contribution in [-0.2, 0) is 28.6 Å². The van der Waals surface area contributed by atoms with E-state index in [0.717, 1.165) is 141 Å². The van der Waals surface area contributed by atoms with Gasteiger partial charge >= 0.3 is 17.9 Å². The van der Waals surface area contributed by atoms with Crippen molar-refractivity contribution in [1.29, 1.82) is 0 Å². The van der Waals surface area contributed by atoms with Gasteiger partial charge in [0.05, 0.1) is 0 Å². The van der Waals surface area contributed by atoms with E-state index in [0.29, 0.717) is 19.3 Å². The second kappa shape index (κ2) is 69.3. The Morgan fingerprint density at radius 3 is 0.768 bits per heavy atom. The molecule has 0 bridgehead atoms. The van der Waals surface area contributed by atoms with Gasteiger partial charge in [-0.1, -0.05) is 290 Å². The Morgan fingerprint density at radius 2 is 0.476 bits per heavy atom. The molecule has 0 saturated carbocycles. The molecule has 0 aromatic carbocycles. The highest BCUT2D eigenvalue weighted by Crippen LogP contribution is 2.16. The zero-order valence-electron chi connectivity index (χ0n) is 53.7. The summed E-state index contributed by atoms with van der Waals surface area (Å²) in [6.07, 6.45) is 96.4. The fourth-order valence-corrected chi connectivity index (χ4v) is 9.51. The number of carbonyl (C=O) groups is 3. The summed E-state index contributed by atoms with van der Waals surface area (Å²) in [5, 5.41) is 0. The Bertz CT molecular complexity index is 1690. The third kappa shape index (κ3) is 66.6. The second-order valence-electron chi connectivity index (χ2n) is 22.7. The quantitative estimate of drug-likeness (QED) is 0.0261. The van der Waals surface area contributed by atoms with E-state index in [1.807, 2.05) is 0 Å². The average molecular weight is 1140 g/mol. The first-order chi connectivity index (χ1) is 40.5. The zero-order valence-corrected chi connectivity index (χ0v) is 53.7. The van der Waals surface area contributed by atoms with Crippen molar-refractivity contribution in [1.82, 2.24) is 0 Å². The van der Waals surface area contributed by atoms with E-state index in [1.165, 1.54) is 141 Å². The minimum absolute atomic E-state index is 0.0893. The standard InChI is InChI=1S/C76H128O6/c1-4-7-10-13-16-19-22-25-28-31-33-34-35-36-37-38-39-40-41-42-44-45-48-51-54-57-60-63-66-69-75(78)81-72-73(71-80-74(77)68-65-62-59-56-53-50-47-30-27-24-21-18-15-12-9-6-3)82-76(79)70-67-64-61-58-55-52-49-46-43-32-29-26-23-20-17-14-11-8-5-2/h7,10,16-17,19-21,24-26,28-30,33-34,36-37,43,46-47,73H,4-6,8-9,11-15,18,22-23,27,31-32,35,38-42,44-45,48-72H2,1-3H3/b10-7-,19-16-,20-17-,24-21-,28-25-,29-26-,34-33-,37-36-,46-43-,47-30-. The van der Waals surface area contributed by atoms with Gasteiger partial charge in [0.25, 0.3) is 0 Å². The molecule has 0 aliphatic rings. The van der Waals surface area contributed by atoms with Gasteiger partial charge in [-0.25, -0.2) is 0 Å². The number of hydrogen-bond acceptors (Lipinski definition) is 6. The maximum Gasteiger partial charge on any atom is 0.306 e. The van der Waals surface area contributed by atoms with E-state index in [1.54, 1.807) is 0 Å². The lowest BCUT2D eigenvalue weighted by Gasteiger charge is -2.18. The Kier molecular flexibility index (Phi) is 65.8. The van der Waals surface area contributed by atoms with Gasteiger partial charge in [-0.05, 0) is 135 Å². The normalized spacial score (nSPS) is 12.9. The first-order valence-corrected chi connectivity index (χ1v) is 34.5. The predicted octanol–water partition coefficient (Wildman–Crippen LogP) is 23.9. The summed E-state index contributed by atoms with van der Waals surface area (Å²) in [6.45, 7) is 6.48. The second-order valence-corrected chi connectivity index (χ2v) is 22.7. The number of esters is 3. The van der Waals surface area contributed by atoms with Crippen LogP contribution in [0.15, 0.2) is 122 Å². The number of ether oxygens (including phenoxy) is 3. The molecule has 0 heterocycles. The molecule has 0 spiro atoms. The van der Waals surface area contributed by atoms with Crippen LogP contribution in [0.25, 0.3) is 0 Å². The van der Waals surface area contributed by atoms with Crippen LogP contribution in [0.1, 0.15) is 323 Å². The van der Waals surface area contributed by atoms with Crippen molar-refractivity contribution < 1.29 is 28.6 Å². The molecule has 1 unspecified atom stereocenters. The van der Waals surface area contributed by atoms with Crippen LogP contribution in [0.5, 0.6) is 0 Å². The number of rotatable bonds is 62. The average Bonchev–Trinajstić information content (AvgIpc) is 3.47. The van der Waals surface area contributed by atoms with Gasteiger partial charge in [0, 0.05) is 19.3 Å². The van der Waals surface area contributed by atoms with Crippen molar-refractivity contribution >= 4 is 17.9 Å². The smallest absolute Gasteiger partial charge is 0.306 e. The molecular formula is C76H128O6.